The first-order chi connectivity index (χ1) is 7.11. The molecule has 0 radical (unpaired) electrons. The lowest BCUT2D eigenvalue weighted by molar-refractivity contribution is -0.120. The van der Waals surface area contributed by atoms with Crippen LogP contribution >= 0.6 is 0 Å². The molecule has 0 aliphatic heterocycles. The monoisotopic (exact) mass is 216 g/mol. The highest BCUT2D eigenvalue weighted by atomic mass is 16.3. The zero-order valence-corrected chi connectivity index (χ0v) is 10.0. The molecule has 0 heterocycles. The van der Waals surface area contributed by atoms with Crippen LogP contribution in [0.1, 0.15) is 33.6 Å². The molecule has 0 saturated heterocycles. The zero-order valence-electron chi connectivity index (χ0n) is 10.0. The molecule has 0 bridgehead atoms. The minimum absolute atomic E-state index is 0.0282. The molecule has 0 aliphatic carbocycles. The van der Waals surface area contributed by atoms with Crippen LogP contribution in [-0.4, -0.2) is 36.8 Å². The third kappa shape index (κ3) is 7.33. The molecule has 1 unspecified atom stereocenters. The minimum atomic E-state index is 0.0282. The molecular weight excluding hydrogens is 192 g/mol. The highest BCUT2D eigenvalue weighted by molar-refractivity contribution is 5.77. The number of rotatable bonds is 8. The van der Waals surface area contributed by atoms with Crippen molar-refractivity contribution in [3.8, 4) is 0 Å². The van der Waals surface area contributed by atoms with Gasteiger partial charge in [0.25, 0.3) is 0 Å². The van der Waals surface area contributed by atoms with Crippen molar-refractivity contribution in [1.82, 2.24) is 10.6 Å². The van der Waals surface area contributed by atoms with E-state index in [0.717, 1.165) is 13.0 Å². The molecule has 0 saturated carbocycles. The molecular formula is C11H24N2O2. The van der Waals surface area contributed by atoms with E-state index in [0.29, 0.717) is 18.9 Å². The number of carbonyl (C=O) groups is 1. The van der Waals surface area contributed by atoms with Crippen LogP contribution in [-0.2, 0) is 4.79 Å². The average molecular weight is 216 g/mol. The predicted molar refractivity (Wildman–Crippen MR) is 61.6 cm³/mol. The summed E-state index contributed by atoms with van der Waals surface area (Å²) in [6.07, 6.45) is 1.65. The van der Waals surface area contributed by atoms with Crippen LogP contribution in [0.5, 0.6) is 0 Å². The third-order valence-electron chi connectivity index (χ3n) is 2.34. The van der Waals surface area contributed by atoms with Gasteiger partial charge in [-0.1, -0.05) is 20.8 Å². The summed E-state index contributed by atoms with van der Waals surface area (Å²) in [5.41, 5.74) is 0. The fourth-order valence-corrected chi connectivity index (χ4v) is 1.36. The molecule has 4 heteroatoms. The van der Waals surface area contributed by atoms with Crippen molar-refractivity contribution < 1.29 is 9.90 Å². The van der Waals surface area contributed by atoms with Crippen molar-refractivity contribution >= 4 is 5.91 Å². The van der Waals surface area contributed by atoms with Crippen LogP contribution in [0.15, 0.2) is 0 Å². The van der Waals surface area contributed by atoms with Gasteiger partial charge in [-0.25, -0.2) is 0 Å². The summed E-state index contributed by atoms with van der Waals surface area (Å²) in [6, 6.07) is 0.211. The number of carbonyl (C=O) groups excluding carboxylic acids is 1. The number of amides is 1. The lowest BCUT2D eigenvalue weighted by atomic mass is 10.0. The molecule has 0 aliphatic rings. The van der Waals surface area contributed by atoms with E-state index >= 15 is 0 Å². The summed E-state index contributed by atoms with van der Waals surface area (Å²) in [7, 11) is 0. The van der Waals surface area contributed by atoms with Crippen molar-refractivity contribution in [2.75, 3.05) is 19.7 Å². The second-order valence-corrected chi connectivity index (χ2v) is 4.09. The van der Waals surface area contributed by atoms with Gasteiger partial charge in [0.05, 0.1) is 6.54 Å². The highest BCUT2D eigenvalue weighted by Gasteiger charge is 2.13. The molecule has 0 spiro atoms. The molecule has 0 rings (SSSR count). The Labute approximate surface area is 92.4 Å². The highest BCUT2D eigenvalue weighted by Crippen LogP contribution is 2.04. The molecule has 15 heavy (non-hydrogen) atoms. The molecule has 90 valence electrons. The summed E-state index contributed by atoms with van der Waals surface area (Å²) in [5.74, 6) is 0.455. The third-order valence-corrected chi connectivity index (χ3v) is 2.34. The van der Waals surface area contributed by atoms with Gasteiger partial charge in [0, 0.05) is 19.2 Å². The quantitative estimate of drug-likeness (QED) is 0.554. The Morgan fingerprint density at radius 3 is 2.53 bits per heavy atom. The Bertz CT molecular complexity index is 172. The van der Waals surface area contributed by atoms with Crippen LogP contribution < -0.4 is 10.6 Å². The average Bonchev–Trinajstić information content (AvgIpc) is 2.20. The Hall–Kier alpha value is -0.610. The minimum Gasteiger partial charge on any atom is -0.396 e. The Morgan fingerprint density at radius 1 is 1.40 bits per heavy atom. The van der Waals surface area contributed by atoms with Crippen LogP contribution in [0.2, 0.25) is 0 Å². The molecule has 1 amide bonds. The summed E-state index contributed by atoms with van der Waals surface area (Å²) in [5, 5.41) is 14.8. The van der Waals surface area contributed by atoms with Gasteiger partial charge in [-0.3, -0.25) is 4.79 Å². The molecule has 0 aromatic carbocycles. The standard InChI is InChI=1S/C11H24N2O2/c1-4-6-12-11(15)8-13-10(5-7-14)9(2)3/h9-10,13-14H,4-8H2,1-3H3,(H,12,15). The van der Waals surface area contributed by atoms with E-state index in [9.17, 15) is 4.79 Å². The predicted octanol–water partition coefficient (Wildman–Crippen LogP) is 0.509. The second kappa shape index (κ2) is 8.68. The maximum atomic E-state index is 11.3. The van der Waals surface area contributed by atoms with Crippen molar-refractivity contribution in [3.05, 3.63) is 0 Å². The molecule has 3 N–H and O–H groups in total. The fraction of sp³-hybridized carbons (Fsp3) is 0.909. The topological polar surface area (TPSA) is 61.4 Å². The smallest absolute Gasteiger partial charge is 0.233 e. The molecule has 1 atom stereocenters. The fourth-order valence-electron chi connectivity index (χ4n) is 1.36. The van der Waals surface area contributed by atoms with Crippen molar-refractivity contribution in [2.24, 2.45) is 5.92 Å². The lowest BCUT2D eigenvalue weighted by Crippen LogP contribution is -2.42. The molecule has 0 aromatic rings. The van der Waals surface area contributed by atoms with Gasteiger partial charge in [-0.05, 0) is 18.8 Å². The normalized spacial score (nSPS) is 12.9. The van der Waals surface area contributed by atoms with E-state index < -0.39 is 0 Å². The number of hydrogen-bond acceptors (Lipinski definition) is 3. The van der Waals surface area contributed by atoms with Crippen molar-refractivity contribution in [2.45, 2.75) is 39.7 Å². The van der Waals surface area contributed by atoms with E-state index in [2.05, 4.69) is 24.5 Å². The van der Waals surface area contributed by atoms with Gasteiger partial charge in [0.15, 0.2) is 0 Å². The first-order valence-corrected chi connectivity index (χ1v) is 5.72. The van der Waals surface area contributed by atoms with E-state index in [4.69, 9.17) is 5.11 Å². The second-order valence-electron chi connectivity index (χ2n) is 4.09. The Kier molecular flexibility index (Phi) is 8.33. The molecule has 4 nitrogen and oxygen atoms in total. The van der Waals surface area contributed by atoms with Crippen LogP contribution in [0.4, 0.5) is 0 Å². The maximum absolute atomic E-state index is 11.3. The van der Waals surface area contributed by atoms with E-state index in [1.54, 1.807) is 0 Å². The summed E-state index contributed by atoms with van der Waals surface area (Å²) in [6.45, 7) is 7.41. The number of nitrogens with one attached hydrogen (secondary N) is 2. The lowest BCUT2D eigenvalue weighted by Gasteiger charge is -2.21. The van der Waals surface area contributed by atoms with Gasteiger partial charge >= 0.3 is 0 Å². The van der Waals surface area contributed by atoms with Gasteiger partial charge in [0.1, 0.15) is 0 Å². The first-order valence-electron chi connectivity index (χ1n) is 5.72. The Morgan fingerprint density at radius 2 is 2.07 bits per heavy atom. The van der Waals surface area contributed by atoms with Crippen LogP contribution in [0.3, 0.4) is 0 Å². The summed E-state index contributed by atoms with van der Waals surface area (Å²) >= 11 is 0. The first kappa shape index (κ1) is 14.4. The van der Waals surface area contributed by atoms with E-state index in [1.165, 1.54) is 0 Å². The summed E-state index contributed by atoms with van der Waals surface area (Å²) in [4.78, 5) is 11.3. The van der Waals surface area contributed by atoms with Gasteiger partial charge in [-0.2, -0.15) is 0 Å². The summed E-state index contributed by atoms with van der Waals surface area (Å²) < 4.78 is 0. The Balaban J connectivity index is 3.73. The molecule has 0 fully saturated rings. The van der Waals surface area contributed by atoms with Crippen LogP contribution in [0, 0.1) is 5.92 Å². The van der Waals surface area contributed by atoms with Crippen molar-refractivity contribution in [1.29, 1.82) is 0 Å². The van der Waals surface area contributed by atoms with Gasteiger partial charge in [-0.15, -0.1) is 0 Å². The van der Waals surface area contributed by atoms with E-state index in [1.807, 2.05) is 6.92 Å². The largest absolute Gasteiger partial charge is 0.396 e. The molecule has 0 aromatic heterocycles. The maximum Gasteiger partial charge on any atom is 0.233 e. The number of aliphatic hydroxyl groups is 1. The number of hydrogen-bond donors (Lipinski definition) is 3. The van der Waals surface area contributed by atoms with E-state index in [-0.39, 0.29) is 18.6 Å². The van der Waals surface area contributed by atoms with Gasteiger partial charge < -0.3 is 15.7 Å². The zero-order chi connectivity index (χ0) is 11.7. The van der Waals surface area contributed by atoms with Crippen molar-refractivity contribution in [3.63, 3.8) is 0 Å². The SMILES string of the molecule is CCCNC(=O)CNC(CCO)C(C)C. The van der Waals surface area contributed by atoms with Crippen LogP contribution in [0.25, 0.3) is 0 Å². The van der Waals surface area contributed by atoms with Gasteiger partial charge in [0.2, 0.25) is 5.91 Å². The number of aliphatic hydroxyl groups excluding tert-OH is 1.